The molecule has 2 aromatic rings. The SMILES string of the molecule is CS(=O)(=O)OCC1CCCN1C(=O)c1ccc(-c2ccc(C(F)(F)F)cc2)cc1. The van der Waals surface area contributed by atoms with E-state index >= 15 is 0 Å². The van der Waals surface area contributed by atoms with Crippen LogP contribution in [0.3, 0.4) is 0 Å². The Balaban J connectivity index is 1.71. The van der Waals surface area contributed by atoms with Crippen molar-refractivity contribution in [1.82, 2.24) is 4.90 Å². The van der Waals surface area contributed by atoms with Gasteiger partial charge >= 0.3 is 6.18 Å². The minimum absolute atomic E-state index is 0.0752. The molecule has 0 N–H and O–H groups in total. The molecule has 1 saturated heterocycles. The zero-order chi connectivity index (χ0) is 21.2. The molecule has 29 heavy (non-hydrogen) atoms. The highest BCUT2D eigenvalue weighted by molar-refractivity contribution is 7.85. The van der Waals surface area contributed by atoms with Gasteiger partial charge in [-0.3, -0.25) is 8.98 Å². The number of alkyl halides is 3. The molecule has 0 spiro atoms. The topological polar surface area (TPSA) is 63.7 Å². The Morgan fingerprint density at radius 3 is 2.14 bits per heavy atom. The summed E-state index contributed by atoms with van der Waals surface area (Å²) in [7, 11) is -3.58. The second kappa shape index (κ2) is 8.16. The van der Waals surface area contributed by atoms with Crippen LogP contribution in [-0.4, -0.2) is 44.7 Å². The zero-order valence-electron chi connectivity index (χ0n) is 15.6. The van der Waals surface area contributed by atoms with Crippen molar-refractivity contribution in [3.63, 3.8) is 0 Å². The molecule has 156 valence electrons. The molecule has 0 aromatic heterocycles. The van der Waals surface area contributed by atoms with Crippen molar-refractivity contribution in [2.24, 2.45) is 0 Å². The van der Waals surface area contributed by atoms with E-state index in [1.165, 1.54) is 12.1 Å². The Hall–Kier alpha value is -2.39. The second-order valence-corrected chi connectivity index (χ2v) is 8.58. The van der Waals surface area contributed by atoms with Gasteiger partial charge in [0.05, 0.1) is 24.5 Å². The highest BCUT2D eigenvalue weighted by Gasteiger charge is 2.31. The Morgan fingerprint density at radius 2 is 1.62 bits per heavy atom. The lowest BCUT2D eigenvalue weighted by atomic mass is 10.0. The average molecular weight is 427 g/mol. The Morgan fingerprint density at radius 1 is 1.07 bits per heavy atom. The van der Waals surface area contributed by atoms with Crippen LogP contribution in [0.15, 0.2) is 48.5 Å². The number of nitrogens with zero attached hydrogens (tertiary/aromatic N) is 1. The van der Waals surface area contributed by atoms with Crippen LogP contribution in [0.1, 0.15) is 28.8 Å². The summed E-state index contributed by atoms with van der Waals surface area (Å²) in [6.45, 7) is 0.436. The average Bonchev–Trinajstić information content (AvgIpc) is 3.13. The van der Waals surface area contributed by atoms with Gasteiger partial charge in [0.2, 0.25) is 0 Å². The lowest BCUT2D eigenvalue weighted by molar-refractivity contribution is -0.137. The number of benzene rings is 2. The minimum Gasteiger partial charge on any atom is -0.333 e. The van der Waals surface area contributed by atoms with Crippen LogP contribution in [0.2, 0.25) is 0 Å². The number of hydrogen-bond donors (Lipinski definition) is 0. The largest absolute Gasteiger partial charge is 0.416 e. The van der Waals surface area contributed by atoms with Crippen LogP contribution in [-0.2, 0) is 20.5 Å². The first-order chi connectivity index (χ1) is 13.5. The summed E-state index contributed by atoms with van der Waals surface area (Å²) < 4.78 is 65.3. The molecule has 3 rings (SSSR count). The third-order valence-electron chi connectivity index (χ3n) is 4.79. The highest BCUT2D eigenvalue weighted by atomic mass is 32.2. The fraction of sp³-hybridized carbons (Fsp3) is 0.350. The Labute approximate surface area is 167 Å². The number of rotatable bonds is 5. The molecule has 0 bridgehead atoms. The van der Waals surface area contributed by atoms with Crippen LogP contribution in [0.4, 0.5) is 13.2 Å². The quantitative estimate of drug-likeness (QED) is 0.678. The van der Waals surface area contributed by atoms with E-state index in [4.69, 9.17) is 4.18 Å². The summed E-state index contributed by atoms with van der Waals surface area (Å²) in [6.07, 6.45) is -2.01. The fourth-order valence-corrected chi connectivity index (χ4v) is 3.71. The van der Waals surface area contributed by atoms with Crippen LogP contribution in [0.5, 0.6) is 0 Å². The maximum absolute atomic E-state index is 12.8. The lowest BCUT2D eigenvalue weighted by Gasteiger charge is -2.24. The van der Waals surface area contributed by atoms with Gasteiger partial charge in [-0.15, -0.1) is 0 Å². The predicted octanol–water partition coefficient (Wildman–Crippen LogP) is 3.95. The number of carbonyl (C=O) groups is 1. The molecule has 0 saturated carbocycles. The summed E-state index contributed by atoms with van der Waals surface area (Å²) in [4.78, 5) is 14.4. The van der Waals surface area contributed by atoms with Crippen LogP contribution >= 0.6 is 0 Å². The molecule has 5 nitrogen and oxygen atoms in total. The van der Waals surface area contributed by atoms with E-state index in [1.807, 2.05) is 0 Å². The van der Waals surface area contributed by atoms with Crippen molar-refractivity contribution in [2.45, 2.75) is 25.1 Å². The molecule has 1 aliphatic heterocycles. The van der Waals surface area contributed by atoms with E-state index < -0.39 is 21.9 Å². The van der Waals surface area contributed by atoms with Gasteiger partial charge in [-0.1, -0.05) is 24.3 Å². The van der Waals surface area contributed by atoms with Gasteiger partial charge in [0, 0.05) is 12.1 Å². The first kappa shape index (κ1) is 21.3. The van der Waals surface area contributed by atoms with E-state index in [9.17, 15) is 26.4 Å². The number of halogens is 3. The van der Waals surface area contributed by atoms with Crippen molar-refractivity contribution in [2.75, 3.05) is 19.4 Å². The van der Waals surface area contributed by atoms with E-state index in [0.717, 1.165) is 24.8 Å². The number of amides is 1. The monoisotopic (exact) mass is 427 g/mol. The first-order valence-electron chi connectivity index (χ1n) is 8.98. The molecule has 1 fully saturated rings. The molecular weight excluding hydrogens is 407 g/mol. The van der Waals surface area contributed by atoms with Crippen molar-refractivity contribution in [3.05, 3.63) is 59.7 Å². The van der Waals surface area contributed by atoms with E-state index in [1.54, 1.807) is 29.2 Å². The molecule has 0 radical (unpaired) electrons. The van der Waals surface area contributed by atoms with Gasteiger partial charge in [-0.25, -0.2) is 0 Å². The normalized spacial score (nSPS) is 17.5. The van der Waals surface area contributed by atoms with E-state index in [2.05, 4.69) is 0 Å². The van der Waals surface area contributed by atoms with E-state index in [0.29, 0.717) is 29.7 Å². The van der Waals surface area contributed by atoms with Gasteiger partial charge in [-0.2, -0.15) is 21.6 Å². The summed E-state index contributed by atoms with van der Waals surface area (Å²) in [6, 6.07) is 11.1. The molecule has 2 aromatic carbocycles. The summed E-state index contributed by atoms with van der Waals surface area (Å²) >= 11 is 0. The third-order valence-corrected chi connectivity index (χ3v) is 5.35. The molecule has 1 unspecified atom stereocenters. The van der Waals surface area contributed by atoms with Gasteiger partial charge < -0.3 is 4.90 Å². The van der Waals surface area contributed by atoms with Crippen molar-refractivity contribution in [1.29, 1.82) is 0 Å². The minimum atomic E-state index is -4.39. The molecule has 1 amide bonds. The Kier molecular flexibility index (Phi) is 6.00. The first-order valence-corrected chi connectivity index (χ1v) is 10.8. The van der Waals surface area contributed by atoms with Gasteiger partial charge in [0.25, 0.3) is 16.0 Å². The summed E-state index contributed by atoms with van der Waals surface area (Å²) in [5.74, 6) is -0.233. The van der Waals surface area contributed by atoms with Crippen LogP contribution < -0.4 is 0 Å². The number of likely N-dealkylation sites (tertiary alicyclic amines) is 1. The van der Waals surface area contributed by atoms with E-state index in [-0.39, 0.29) is 18.6 Å². The molecule has 1 aliphatic rings. The third kappa shape index (κ3) is 5.36. The predicted molar refractivity (Wildman–Crippen MR) is 102 cm³/mol. The molecule has 9 heteroatoms. The molecule has 1 atom stereocenters. The number of hydrogen-bond acceptors (Lipinski definition) is 4. The maximum Gasteiger partial charge on any atom is 0.416 e. The standard InChI is InChI=1S/C20H20F3NO4S/c1-29(26,27)28-13-18-3-2-12-24(18)19(25)16-6-4-14(5-7-16)15-8-10-17(11-9-15)20(21,22)23/h4-11,18H,2-3,12-13H2,1H3. The lowest BCUT2D eigenvalue weighted by Crippen LogP contribution is -2.38. The zero-order valence-corrected chi connectivity index (χ0v) is 16.5. The van der Waals surface area contributed by atoms with Crippen molar-refractivity contribution >= 4 is 16.0 Å². The fourth-order valence-electron chi connectivity index (χ4n) is 3.30. The van der Waals surface area contributed by atoms with Crippen LogP contribution in [0.25, 0.3) is 11.1 Å². The van der Waals surface area contributed by atoms with Gasteiger partial charge in [0.15, 0.2) is 0 Å². The smallest absolute Gasteiger partial charge is 0.333 e. The maximum atomic E-state index is 12.8. The van der Waals surface area contributed by atoms with Crippen molar-refractivity contribution < 1.29 is 30.6 Å². The van der Waals surface area contributed by atoms with Crippen LogP contribution in [0, 0.1) is 0 Å². The van der Waals surface area contributed by atoms with Gasteiger partial charge in [0.1, 0.15) is 0 Å². The second-order valence-electron chi connectivity index (χ2n) is 6.94. The molecule has 1 heterocycles. The molecule has 0 aliphatic carbocycles. The van der Waals surface area contributed by atoms with Gasteiger partial charge in [-0.05, 0) is 48.2 Å². The van der Waals surface area contributed by atoms with Crippen molar-refractivity contribution in [3.8, 4) is 11.1 Å². The summed E-state index contributed by atoms with van der Waals surface area (Å²) in [5, 5.41) is 0. The highest BCUT2D eigenvalue weighted by Crippen LogP contribution is 2.31. The molecular formula is C20H20F3NO4S. The Bertz CT molecular complexity index is 970. The summed E-state index contributed by atoms with van der Waals surface area (Å²) in [5.41, 5.74) is 1.00. The number of carbonyl (C=O) groups excluding carboxylic acids is 1.